The van der Waals surface area contributed by atoms with Crippen LogP contribution in [-0.4, -0.2) is 11.0 Å². The highest BCUT2D eigenvalue weighted by Crippen LogP contribution is 2.20. The van der Waals surface area contributed by atoms with Gasteiger partial charge in [-0.3, -0.25) is 4.79 Å². The highest BCUT2D eigenvalue weighted by Gasteiger charge is 2.02. The fraction of sp³-hybridized carbons (Fsp3) is 0.417. The van der Waals surface area contributed by atoms with Crippen molar-refractivity contribution in [2.75, 3.05) is 5.32 Å². The molecule has 1 rings (SSSR count). The zero-order valence-corrected chi connectivity index (χ0v) is 9.21. The van der Waals surface area contributed by atoms with E-state index in [2.05, 4.69) is 12.2 Å². The molecule has 0 fully saturated rings. The van der Waals surface area contributed by atoms with Gasteiger partial charge in [-0.25, -0.2) is 0 Å². The van der Waals surface area contributed by atoms with E-state index in [1.807, 2.05) is 0 Å². The lowest BCUT2D eigenvalue weighted by molar-refractivity contribution is -0.116. The number of nitrogens with one attached hydrogen (secondary N) is 1. The second-order valence-electron chi connectivity index (χ2n) is 3.65. The average Bonchev–Trinajstić information content (AvgIpc) is 2.20. The molecule has 15 heavy (non-hydrogen) atoms. The van der Waals surface area contributed by atoms with Crippen molar-refractivity contribution in [1.29, 1.82) is 0 Å². The Labute approximate surface area is 90.1 Å². The monoisotopic (exact) mass is 207 g/mol. The first-order chi connectivity index (χ1) is 7.13. The van der Waals surface area contributed by atoms with Crippen molar-refractivity contribution < 1.29 is 9.90 Å². The van der Waals surface area contributed by atoms with E-state index in [9.17, 15) is 9.90 Å². The molecule has 2 N–H and O–H groups in total. The molecule has 1 aromatic rings. The minimum atomic E-state index is 0.0296. The molecule has 0 aromatic heterocycles. The van der Waals surface area contributed by atoms with E-state index < -0.39 is 0 Å². The minimum Gasteiger partial charge on any atom is -0.508 e. The van der Waals surface area contributed by atoms with Crippen LogP contribution in [0.3, 0.4) is 0 Å². The van der Waals surface area contributed by atoms with Gasteiger partial charge in [-0.05, 0) is 37.1 Å². The Morgan fingerprint density at radius 2 is 2.20 bits per heavy atom. The molecule has 0 atom stereocenters. The smallest absolute Gasteiger partial charge is 0.224 e. The largest absolute Gasteiger partial charge is 0.508 e. The number of benzene rings is 1. The van der Waals surface area contributed by atoms with E-state index >= 15 is 0 Å². The Morgan fingerprint density at radius 3 is 2.80 bits per heavy atom. The summed E-state index contributed by atoms with van der Waals surface area (Å²) in [7, 11) is 0. The van der Waals surface area contributed by atoms with Gasteiger partial charge in [-0.15, -0.1) is 0 Å². The first kappa shape index (κ1) is 11.6. The Morgan fingerprint density at radius 1 is 1.47 bits per heavy atom. The van der Waals surface area contributed by atoms with Gasteiger partial charge in [0.1, 0.15) is 5.75 Å². The molecule has 0 radical (unpaired) electrons. The summed E-state index contributed by atoms with van der Waals surface area (Å²) in [6.45, 7) is 3.86. The van der Waals surface area contributed by atoms with E-state index in [1.165, 1.54) is 0 Å². The lowest BCUT2D eigenvalue weighted by Gasteiger charge is -2.06. The zero-order chi connectivity index (χ0) is 11.3. The molecule has 3 heteroatoms. The molecule has 0 bridgehead atoms. The van der Waals surface area contributed by atoms with Crippen LogP contribution in [0.1, 0.15) is 31.7 Å². The number of amides is 1. The Balaban J connectivity index is 2.57. The first-order valence-electron chi connectivity index (χ1n) is 5.23. The van der Waals surface area contributed by atoms with Crippen molar-refractivity contribution >= 4 is 11.6 Å². The standard InChI is InChI=1S/C12H17NO2/c1-3-4-5-12(15)13-10-6-7-11(14)9(2)8-10/h6-8,14H,3-5H2,1-2H3,(H,13,15). The third-order valence-electron chi connectivity index (χ3n) is 2.24. The predicted octanol–water partition coefficient (Wildman–Crippen LogP) is 2.83. The van der Waals surface area contributed by atoms with Crippen LogP contribution in [0.5, 0.6) is 5.75 Å². The number of unbranched alkanes of at least 4 members (excludes halogenated alkanes) is 1. The molecule has 82 valence electrons. The van der Waals surface area contributed by atoms with Gasteiger partial charge in [0.2, 0.25) is 5.91 Å². The lowest BCUT2D eigenvalue weighted by Crippen LogP contribution is -2.10. The van der Waals surface area contributed by atoms with Gasteiger partial charge in [0.25, 0.3) is 0 Å². The molecular weight excluding hydrogens is 190 g/mol. The zero-order valence-electron chi connectivity index (χ0n) is 9.21. The number of carbonyl (C=O) groups is 1. The third kappa shape index (κ3) is 3.62. The summed E-state index contributed by atoms with van der Waals surface area (Å²) in [5.74, 6) is 0.281. The van der Waals surface area contributed by atoms with E-state index in [0.29, 0.717) is 6.42 Å². The molecular formula is C12H17NO2. The number of phenols is 1. The summed E-state index contributed by atoms with van der Waals surface area (Å²) in [6.07, 6.45) is 2.47. The number of hydrogen-bond acceptors (Lipinski definition) is 2. The summed E-state index contributed by atoms with van der Waals surface area (Å²) < 4.78 is 0. The van der Waals surface area contributed by atoms with Gasteiger partial charge >= 0.3 is 0 Å². The van der Waals surface area contributed by atoms with Crippen molar-refractivity contribution in [2.45, 2.75) is 33.1 Å². The molecule has 0 saturated heterocycles. The minimum absolute atomic E-state index is 0.0296. The van der Waals surface area contributed by atoms with Crippen molar-refractivity contribution in [1.82, 2.24) is 0 Å². The summed E-state index contributed by atoms with van der Waals surface area (Å²) in [5.41, 5.74) is 1.51. The van der Waals surface area contributed by atoms with Crippen LogP contribution < -0.4 is 5.32 Å². The van der Waals surface area contributed by atoms with Crippen LogP contribution in [0.2, 0.25) is 0 Å². The molecule has 0 aliphatic carbocycles. The van der Waals surface area contributed by atoms with E-state index in [0.717, 1.165) is 24.1 Å². The maximum Gasteiger partial charge on any atom is 0.224 e. The van der Waals surface area contributed by atoms with E-state index in [4.69, 9.17) is 0 Å². The molecule has 3 nitrogen and oxygen atoms in total. The average molecular weight is 207 g/mol. The second-order valence-corrected chi connectivity index (χ2v) is 3.65. The lowest BCUT2D eigenvalue weighted by atomic mass is 10.2. The highest BCUT2D eigenvalue weighted by atomic mass is 16.3. The number of carbonyl (C=O) groups excluding carboxylic acids is 1. The van der Waals surface area contributed by atoms with Gasteiger partial charge in [-0.1, -0.05) is 13.3 Å². The van der Waals surface area contributed by atoms with E-state index in [1.54, 1.807) is 25.1 Å². The third-order valence-corrected chi connectivity index (χ3v) is 2.24. The topological polar surface area (TPSA) is 49.3 Å². The molecule has 0 aliphatic rings. The second kappa shape index (κ2) is 5.39. The maximum atomic E-state index is 11.4. The Hall–Kier alpha value is -1.51. The molecule has 0 saturated carbocycles. The summed E-state index contributed by atoms with van der Waals surface area (Å²) >= 11 is 0. The number of rotatable bonds is 4. The summed E-state index contributed by atoms with van der Waals surface area (Å²) in [5, 5.41) is 12.1. The van der Waals surface area contributed by atoms with Crippen LogP contribution in [0.4, 0.5) is 5.69 Å². The fourth-order valence-corrected chi connectivity index (χ4v) is 1.29. The summed E-state index contributed by atoms with van der Waals surface area (Å²) in [4.78, 5) is 11.4. The molecule has 0 spiro atoms. The molecule has 0 aliphatic heterocycles. The number of aryl methyl sites for hydroxylation is 1. The van der Waals surface area contributed by atoms with Crippen molar-refractivity contribution in [3.8, 4) is 5.75 Å². The number of anilines is 1. The predicted molar refractivity (Wildman–Crippen MR) is 61.0 cm³/mol. The number of hydrogen-bond donors (Lipinski definition) is 2. The van der Waals surface area contributed by atoms with Crippen LogP contribution in [0, 0.1) is 6.92 Å². The normalized spacial score (nSPS) is 10.0. The van der Waals surface area contributed by atoms with Crippen LogP contribution in [0.15, 0.2) is 18.2 Å². The van der Waals surface area contributed by atoms with Crippen molar-refractivity contribution in [2.24, 2.45) is 0 Å². The first-order valence-corrected chi connectivity index (χ1v) is 5.23. The van der Waals surface area contributed by atoms with Crippen LogP contribution in [0.25, 0.3) is 0 Å². The maximum absolute atomic E-state index is 11.4. The van der Waals surface area contributed by atoms with Gasteiger partial charge in [0.15, 0.2) is 0 Å². The van der Waals surface area contributed by atoms with Crippen molar-refractivity contribution in [3.05, 3.63) is 23.8 Å². The number of aromatic hydroxyl groups is 1. The van der Waals surface area contributed by atoms with Crippen LogP contribution in [-0.2, 0) is 4.79 Å². The van der Waals surface area contributed by atoms with Gasteiger partial charge in [0.05, 0.1) is 0 Å². The molecule has 0 unspecified atom stereocenters. The number of phenolic OH excluding ortho intramolecular Hbond substituents is 1. The highest BCUT2D eigenvalue weighted by molar-refractivity contribution is 5.90. The Bertz CT molecular complexity index is 347. The molecule has 1 amide bonds. The summed E-state index contributed by atoms with van der Waals surface area (Å²) in [6, 6.07) is 5.05. The van der Waals surface area contributed by atoms with Gasteiger partial charge in [0, 0.05) is 12.1 Å². The Kier molecular flexibility index (Phi) is 4.16. The van der Waals surface area contributed by atoms with Gasteiger partial charge in [-0.2, -0.15) is 0 Å². The quantitative estimate of drug-likeness (QED) is 0.746. The molecule has 0 heterocycles. The van der Waals surface area contributed by atoms with Gasteiger partial charge < -0.3 is 10.4 Å². The van der Waals surface area contributed by atoms with Crippen LogP contribution >= 0.6 is 0 Å². The fourth-order valence-electron chi connectivity index (χ4n) is 1.29. The van der Waals surface area contributed by atoms with E-state index in [-0.39, 0.29) is 11.7 Å². The van der Waals surface area contributed by atoms with Crippen molar-refractivity contribution in [3.63, 3.8) is 0 Å². The SMILES string of the molecule is CCCCC(=O)Nc1ccc(O)c(C)c1. The molecule has 1 aromatic carbocycles.